The van der Waals surface area contributed by atoms with Crippen LogP contribution in [-0.4, -0.2) is 4.98 Å². The highest BCUT2D eigenvalue weighted by Gasteiger charge is 2.05. The van der Waals surface area contributed by atoms with E-state index in [0.29, 0.717) is 5.52 Å². The lowest BCUT2D eigenvalue weighted by atomic mass is 10.1. The summed E-state index contributed by atoms with van der Waals surface area (Å²) in [5.74, 6) is -0.581. The molecular formula is C12H7F2N. The van der Waals surface area contributed by atoms with Crippen LogP contribution in [-0.2, 0) is 0 Å². The lowest BCUT2D eigenvalue weighted by Gasteiger charge is -1.91. The van der Waals surface area contributed by atoms with Crippen molar-refractivity contribution in [1.29, 1.82) is 0 Å². The van der Waals surface area contributed by atoms with Gasteiger partial charge in [-0.2, -0.15) is 0 Å². The van der Waals surface area contributed by atoms with Crippen LogP contribution in [0.5, 0.6) is 0 Å². The Labute approximate surface area is 84.3 Å². The van der Waals surface area contributed by atoms with Gasteiger partial charge in [-0.25, -0.2) is 8.78 Å². The quantitative estimate of drug-likeness (QED) is 0.574. The summed E-state index contributed by atoms with van der Waals surface area (Å²) in [6, 6.07) is 8.93. The molecular weight excluding hydrogens is 196 g/mol. The SMILES string of the molecule is Fc1ccc2c(c1)[nH]c1ccc(F)cc12. The van der Waals surface area contributed by atoms with Gasteiger partial charge >= 0.3 is 0 Å². The van der Waals surface area contributed by atoms with Gasteiger partial charge in [-0.3, -0.25) is 0 Å². The van der Waals surface area contributed by atoms with Gasteiger partial charge in [0.1, 0.15) is 11.6 Å². The van der Waals surface area contributed by atoms with Gasteiger partial charge in [0.05, 0.1) is 0 Å². The molecule has 1 heterocycles. The number of aromatic nitrogens is 1. The van der Waals surface area contributed by atoms with Crippen LogP contribution >= 0.6 is 0 Å². The molecule has 0 saturated heterocycles. The van der Waals surface area contributed by atoms with Crippen molar-refractivity contribution in [3.05, 3.63) is 48.0 Å². The summed E-state index contributed by atoms with van der Waals surface area (Å²) in [5, 5.41) is 1.62. The summed E-state index contributed by atoms with van der Waals surface area (Å²) in [4.78, 5) is 3.04. The average Bonchev–Trinajstić information content (AvgIpc) is 2.54. The van der Waals surface area contributed by atoms with Crippen molar-refractivity contribution in [1.82, 2.24) is 4.98 Å². The van der Waals surface area contributed by atoms with Gasteiger partial charge in [0.15, 0.2) is 0 Å². The predicted molar refractivity (Wildman–Crippen MR) is 55.7 cm³/mol. The second kappa shape index (κ2) is 2.79. The molecule has 0 unspecified atom stereocenters. The second-order valence-electron chi connectivity index (χ2n) is 3.50. The van der Waals surface area contributed by atoms with Crippen LogP contribution in [0, 0.1) is 11.6 Å². The number of rotatable bonds is 0. The van der Waals surface area contributed by atoms with Crippen LogP contribution < -0.4 is 0 Å². The van der Waals surface area contributed by atoms with E-state index in [-0.39, 0.29) is 11.6 Å². The summed E-state index contributed by atoms with van der Waals surface area (Å²) in [7, 11) is 0. The molecule has 3 heteroatoms. The minimum atomic E-state index is -0.297. The predicted octanol–water partition coefficient (Wildman–Crippen LogP) is 3.60. The molecule has 1 N–H and O–H groups in total. The molecule has 2 aromatic carbocycles. The van der Waals surface area contributed by atoms with Crippen LogP contribution in [0.3, 0.4) is 0 Å². The van der Waals surface area contributed by atoms with Crippen molar-refractivity contribution in [2.24, 2.45) is 0 Å². The number of H-pyrrole nitrogens is 1. The number of nitrogens with one attached hydrogen (secondary N) is 1. The van der Waals surface area contributed by atoms with Gasteiger partial charge < -0.3 is 4.98 Å². The standard InChI is InChI=1S/C12H7F2N/c13-7-2-4-11-10(5-7)9-3-1-8(14)6-12(9)15-11/h1-6,15H. The highest BCUT2D eigenvalue weighted by Crippen LogP contribution is 2.26. The highest BCUT2D eigenvalue weighted by molar-refractivity contribution is 6.07. The van der Waals surface area contributed by atoms with Crippen LogP contribution in [0.4, 0.5) is 8.78 Å². The van der Waals surface area contributed by atoms with Crippen LogP contribution in [0.2, 0.25) is 0 Å². The van der Waals surface area contributed by atoms with Gasteiger partial charge in [0.25, 0.3) is 0 Å². The number of halogens is 2. The van der Waals surface area contributed by atoms with E-state index in [4.69, 9.17) is 0 Å². The fourth-order valence-corrected chi connectivity index (χ4v) is 1.85. The van der Waals surface area contributed by atoms with Crippen molar-refractivity contribution in [3.8, 4) is 0 Å². The molecule has 0 fully saturated rings. The van der Waals surface area contributed by atoms with Gasteiger partial charge in [-0.1, -0.05) is 0 Å². The number of fused-ring (bicyclic) bond motifs is 3. The van der Waals surface area contributed by atoms with Crippen LogP contribution in [0.1, 0.15) is 0 Å². The molecule has 3 rings (SSSR count). The Balaban J connectivity index is 2.53. The molecule has 3 aromatic rings. The first-order chi connectivity index (χ1) is 7.24. The average molecular weight is 203 g/mol. The maximum absolute atomic E-state index is 13.0. The van der Waals surface area contributed by atoms with Crippen molar-refractivity contribution < 1.29 is 8.78 Å². The normalized spacial score (nSPS) is 11.3. The van der Waals surface area contributed by atoms with Gasteiger partial charge in [-0.05, 0) is 36.4 Å². The van der Waals surface area contributed by atoms with E-state index in [1.165, 1.54) is 24.3 Å². The van der Waals surface area contributed by atoms with Crippen LogP contribution in [0.25, 0.3) is 21.8 Å². The van der Waals surface area contributed by atoms with E-state index >= 15 is 0 Å². The Morgan fingerprint density at radius 2 is 1.47 bits per heavy atom. The maximum Gasteiger partial charge on any atom is 0.125 e. The second-order valence-corrected chi connectivity index (χ2v) is 3.50. The van der Waals surface area contributed by atoms with Crippen molar-refractivity contribution in [2.45, 2.75) is 0 Å². The Morgan fingerprint density at radius 1 is 0.733 bits per heavy atom. The third-order valence-corrected chi connectivity index (χ3v) is 2.52. The first-order valence-electron chi connectivity index (χ1n) is 4.60. The molecule has 0 atom stereocenters. The Hall–Kier alpha value is -1.90. The minimum absolute atomic E-state index is 0.285. The molecule has 0 radical (unpaired) electrons. The summed E-state index contributed by atoms with van der Waals surface area (Å²) in [5.41, 5.74) is 1.51. The molecule has 74 valence electrons. The molecule has 0 amide bonds. The zero-order valence-corrected chi connectivity index (χ0v) is 7.72. The third kappa shape index (κ3) is 1.20. The zero-order valence-electron chi connectivity index (χ0n) is 7.72. The summed E-state index contributed by atoms with van der Waals surface area (Å²) in [6.07, 6.45) is 0. The highest BCUT2D eigenvalue weighted by atomic mass is 19.1. The van der Waals surface area contributed by atoms with Gasteiger partial charge in [0, 0.05) is 21.8 Å². The lowest BCUT2D eigenvalue weighted by Crippen LogP contribution is -1.72. The number of hydrogen-bond donors (Lipinski definition) is 1. The summed E-state index contributed by atoms with van der Waals surface area (Å²) in [6.45, 7) is 0. The number of benzene rings is 2. The van der Waals surface area contributed by atoms with Gasteiger partial charge in [0.2, 0.25) is 0 Å². The monoisotopic (exact) mass is 203 g/mol. The molecule has 0 saturated carbocycles. The topological polar surface area (TPSA) is 15.8 Å². The molecule has 0 bridgehead atoms. The van der Waals surface area contributed by atoms with Crippen molar-refractivity contribution >= 4 is 21.8 Å². The molecule has 0 aliphatic rings. The molecule has 0 spiro atoms. The van der Waals surface area contributed by atoms with Gasteiger partial charge in [-0.15, -0.1) is 0 Å². The van der Waals surface area contributed by atoms with E-state index < -0.39 is 0 Å². The lowest BCUT2D eigenvalue weighted by molar-refractivity contribution is 0.629. The molecule has 1 nitrogen and oxygen atoms in total. The van der Waals surface area contributed by atoms with Crippen molar-refractivity contribution in [3.63, 3.8) is 0 Å². The fourth-order valence-electron chi connectivity index (χ4n) is 1.85. The number of hydrogen-bond acceptors (Lipinski definition) is 0. The first kappa shape index (κ1) is 8.41. The largest absolute Gasteiger partial charge is 0.354 e. The Kier molecular flexibility index (Phi) is 1.57. The van der Waals surface area contributed by atoms with E-state index in [1.807, 2.05) is 0 Å². The maximum atomic E-state index is 13.0. The van der Waals surface area contributed by atoms with E-state index in [0.717, 1.165) is 16.3 Å². The van der Waals surface area contributed by atoms with Crippen molar-refractivity contribution in [2.75, 3.05) is 0 Å². The smallest absolute Gasteiger partial charge is 0.125 e. The third-order valence-electron chi connectivity index (χ3n) is 2.52. The van der Waals surface area contributed by atoms with E-state index in [9.17, 15) is 8.78 Å². The zero-order chi connectivity index (χ0) is 10.4. The Bertz CT molecular complexity index is 655. The first-order valence-corrected chi connectivity index (χ1v) is 4.60. The summed E-state index contributed by atoms with van der Waals surface area (Å²) < 4.78 is 26.0. The molecule has 15 heavy (non-hydrogen) atoms. The van der Waals surface area contributed by atoms with Crippen LogP contribution in [0.15, 0.2) is 36.4 Å². The molecule has 1 aromatic heterocycles. The number of aromatic amines is 1. The summed E-state index contributed by atoms with van der Waals surface area (Å²) >= 11 is 0. The Morgan fingerprint density at radius 3 is 2.33 bits per heavy atom. The van der Waals surface area contributed by atoms with E-state index in [1.54, 1.807) is 12.1 Å². The molecule has 0 aliphatic heterocycles. The minimum Gasteiger partial charge on any atom is -0.354 e. The van der Waals surface area contributed by atoms with E-state index in [2.05, 4.69) is 4.98 Å². The molecule has 0 aliphatic carbocycles. The fraction of sp³-hybridized carbons (Fsp3) is 0.